The van der Waals surface area contributed by atoms with Gasteiger partial charge in [-0.15, -0.1) is 0 Å². The molecule has 0 bridgehead atoms. The summed E-state index contributed by atoms with van der Waals surface area (Å²) in [5.41, 5.74) is 2.75. The molecule has 1 aromatic carbocycles. The molecule has 1 heteroatoms. The summed E-state index contributed by atoms with van der Waals surface area (Å²) >= 11 is 0. The zero-order chi connectivity index (χ0) is 10.8. The van der Waals surface area contributed by atoms with Gasteiger partial charge in [0.1, 0.15) is 5.75 Å². The lowest BCUT2D eigenvalue weighted by Crippen LogP contribution is -2.12. The summed E-state index contributed by atoms with van der Waals surface area (Å²) < 4.78 is 5.41. The summed E-state index contributed by atoms with van der Waals surface area (Å²) in [7, 11) is 1.74. The van der Waals surface area contributed by atoms with Crippen molar-refractivity contribution in [2.24, 2.45) is 0 Å². The molecule has 1 rings (SSSR count). The molecule has 0 aliphatic heterocycles. The fraction of sp³-hybridized carbons (Fsp3) is 0.538. The van der Waals surface area contributed by atoms with Crippen molar-refractivity contribution in [3.63, 3.8) is 0 Å². The molecule has 0 radical (unpaired) electrons. The molecule has 0 heterocycles. The molecule has 14 heavy (non-hydrogen) atoms. The van der Waals surface area contributed by atoms with Crippen molar-refractivity contribution in [1.82, 2.24) is 0 Å². The van der Waals surface area contributed by atoms with Crippen molar-refractivity contribution in [1.29, 1.82) is 0 Å². The molecule has 0 spiro atoms. The van der Waals surface area contributed by atoms with E-state index in [-0.39, 0.29) is 5.41 Å². The Labute approximate surface area is 87.1 Å². The van der Waals surface area contributed by atoms with E-state index < -0.39 is 0 Å². The van der Waals surface area contributed by atoms with Crippen molar-refractivity contribution < 1.29 is 4.74 Å². The number of aryl methyl sites for hydroxylation is 1. The molecule has 0 N–H and O–H groups in total. The van der Waals surface area contributed by atoms with Gasteiger partial charge in [-0.2, -0.15) is 0 Å². The van der Waals surface area contributed by atoms with Crippen LogP contribution in [0.4, 0.5) is 0 Å². The zero-order valence-corrected chi connectivity index (χ0v) is 9.85. The minimum atomic E-state index is 0.150. The molecule has 1 nitrogen and oxygen atoms in total. The van der Waals surface area contributed by atoms with E-state index in [1.807, 2.05) is 0 Å². The Bertz CT molecular complexity index is 308. The van der Waals surface area contributed by atoms with Crippen LogP contribution in [-0.4, -0.2) is 7.11 Å². The second-order valence-corrected chi connectivity index (χ2v) is 4.64. The van der Waals surface area contributed by atoms with Gasteiger partial charge < -0.3 is 4.74 Å². The van der Waals surface area contributed by atoms with E-state index in [1.54, 1.807) is 7.11 Å². The Morgan fingerprint density at radius 1 is 1.21 bits per heavy atom. The monoisotopic (exact) mass is 192 g/mol. The van der Waals surface area contributed by atoms with Crippen LogP contribution in [0, 0.1) is 0 Å². The van der Waals surface area contributed by atoms with E-state index in [4.69, 9.17) is 4.74 Å². The Balaban J connectivity index is 3.18. The topological polar surface area (TPSA) is 9.23 Å². The Morgan fingerprint density at radius 3 is 2.29 bits per heavy atom. The SMILES string of the molecule is CCc1ccc(C(C)(C)C)c(OC)c1. The van der Waals surface area contributed by atoms with Crippen molar-refractivity contribution in [2.45, 2.75) is 39.5 Å². The van der Waals surface area contributed by atoms with E-state index in [2.05, 4.69) is 45.9 Å². The lowest BCUT2D eigenvalue weighted by Gasteiger charge is -2.22. The van der Waals surface area contributed by atoms with Crippen molar-refractivity contribution in [3.05, 3.63) is 29.3 Å². The fourth-order valence-electron chi connectivity index (χ4n) is 1.58. The quantitative estimate of drug-likeness (QED) is 0.696. The standard InChI is InChI=1S/C13H20O/c1-6-10-7-8-11(13(2,3)4)12(9-10)14-5/h7-9H,6H2,1-5H3. The first-order valence-corrected chi connectivity index (χ1v) is 5.16. The zero-order valence-electron chi connectivity index (χ0n) is 9.85. The van der Waals surface area contributed by atoms with Gasteiger partial charge in [-0.05, 0) is 29.0 Å². The van der Waals surface area contributed by atoms with Crippen LogP contribution in [0.3, 0.4) is 0 Å². The number of ether oxygens (including phenoxy) is 1. The van der Waals surface area contributed by atoms with Gasteiger partial charge in [-0.25, -0.2) is 0 Å². The normalized spacial score (nSPS) is 11.5. The van der Waals surface area contributed by atoms with Crippen LogP contribution >= 0.6 is 0 Å². The summed E-state index contributed by atoms with van der Waals surface area (Å²) in [6, 6.07) is 6.50. The molecule has 1 aromatic rings. The maximum Gasteiger partial charge on any atom is 0.122 e. The molecule has 0 saturated carbocycles. The Morgan fingerprint density at radius 2 is 1.86 bits per heavy atom. The predicted octanol–water partition coefficient (Wildman–Crippen LogP) is 3.56. The second kappa shape index (κ2) is 4.04. The largest absolute Gasteiger partial charge is 0.496 e. The molecule has 0 aliphatic carbocycles. The van der Waals surface area contributed by atoms with Crippen LogP contribution < -0.4 is 4.74 Å². The molecular formula is C13H20O. The van der Waals surface area contributed by atoms with Gasteiger partial charge in [0.2, 0.25) is 0 Å². The maximum atomic E-state index is 5.41. The first kappa shape index (κ1) is 11.1. The van der Waals surface area contributed by atoms with Crippen LogP contribution in [0.15, 0.2) is 18.2 Å². The summed E-state index contributed by atoms with van der Waals surface area (Å²) in [5.74, 6) is 1.01. The first-order chi connectivity index (χ1) is 6.49. The van der Waals surface area contributed by atoms with Gasteiger partial charge in [0, 0.05) is 0 Å². The molecule has 0 aliphatic rings. The van der Waals surface area contributed by atoms with E-state index in [0.29, 0.717) is 0 Å². The average molecular weight is 192 g/mol. The lowest BCUT2D eigenvalue weighted by atomic mass is 9.85. The van der Waals surface area contributed by atoms with Crippen molar-refractivity contribution in [3.8, 4) is 5.75 Å². The highest BCUT2D eigenvalue weighted by atomic mass is 16.5. The van der Waals surface area contributed by atoms with Crippen LogP contribution in [0.25, 0.3) is 0 Å². The number of hydrogen-bond acceptors (Lipinski definition) is 1. The van der Waals surface area contributed by atoms with Crippen LogP contribution in [0.1, 0.15) is 38.8 Å². The first-order valence-electron chi connectivity index (χ1n) is 5.16. The number of benzene rings is 1. The molecule has 0 saturated heterocycles. The highest BCUT2D eigenvalue weighted by molar-refractivity contribution is 5.41. The third-order valence-electron chi connectivity index (χ3n) is 2.48. The van der Waals surface area contributed by atoms with Gasteiger partial charge in [-0.1, -0.05) is 39.8 Å². The van der Waals surface area contributed by atoms with Crippen LogP contribution in [0.2, 0.25) is 0 Å². The number of hydrogen-bond donors (Lipinski definition) is 0. The van der Waals surface area contributed by atoms with Gasteiger partial charge in [0.25, 0.3) is 0 Å². The Hall–Kier alpha value is -0.980. The maximum absolute atomic E-state index is 5.41. The lowest BCUT2D eigenvalue weighted by molar-refractivity contribution is 0.397. The van der Waals surface area contributed by atoms with Crippen molar-refractivity contribution in [2.75, 3.05) is 7.11 Å². The van der Waals surface area contributed by atoms with E-state index in [1.165, 1.54) is 11.1 Å². The molecule has 0 fully saturated rings. The summed E-state index contributed by atoms with van der Waals surface area (Å²) in [5, 5.41) is 0. The minimum absolute atomic E-state index is 0.150. The average Bonchev–Trinajstić information content (AvgIpc) is 2.15. The van der Waals surface area contributed by atoms with Gasteiger partial charge in [0.15, 0.2) is 0 Å². The third kappa shape index (κ3) is 2.28. The highest BCUT2D eigenvalue weighted by Crippen LogP contribution is 2.31. The van der Waals surface area contributed by atoms with E-state index in [0.717, 1.165) is 12.2 Å². The fourth-order valence-corrected chi connectivity index (χ4v) is 1.58. The highest BCUT2D eigenvalue weighted by Gasteiger charge is 2.18. The van der Waals surface area contributed by atoms with Crippen molar-refractivity contribution >= 4 is 0 Å². The smallest absolute Gasteiger partial charge is 0.122 e. The van der Waals surface area contributed by atoms with Crippen LogP contribution in [-0.2, 0) is 11.8 Å². The minimum Gasteiger partial charge on any atom is -0.496 e. The molecule has 0 amide bonds. The van der Waals surface area contributed by atoms with Gasteiger partial charge in [-0.3, -0.25) is 0 Å². The molecular weight excluding hydrogens is 172 g/mol. The third-order valence-corrected chi connectivity index (χ3v) is 2.48. The summed E-state index contributed by atoms with van der Waals surface area (Å²) in [6.07, 6.45) is 1.06. The van der Waals surface area contributed by atoms with E-state index >= 15 is 0 Å². The van der Waals surface area contributed by atoms with Gasteiger partial charge in [0.05, 0.1) is 7.11 Å². The second-order valence-electron chi connectivity index (χ2n) is 4.64. The van der Waals surface area contributed by atoms with Crippen LogP contribution in [0.5, 0.6) is 5.75 Å². The van der Waals surface area contributed by atoms with Gasteiger partial charge >= 0.3 is 0 Å². The summed E-state index contributed by atoms with van der Waals surface area (Å²) in [4.78, 5) is 0. The number of methoxy groups -OCH3 is 1. The predicted molar refractivity (Wildman–Crippen MR) is 61.1 cm³/mol. The number of rotatable bonds is 2. The molecule has 78 valence electrons. The Kier molecular flexibility index (Phi) is 3.20. The molecule has 0 unspecified atom stereocenters. The molecule has 0 aromatic heterocycles. The molecule has 0 atom stereocenters. The van der Waals surface area contributed by atoms with E-state index in [9.17, 15) is 0 Å². The summed E-state index contributed by atoms with van der Waals surface area (Å²) in [6.45, 7) is 8.77.